The highest BCUT2D eigenvalue weighted by Crippen LogP contribution is 2.38. The Kier molecular flexibility index (Phi) is 2.12. The van der Waals surface area contributed by atoms with E-state index in [-0.39, 0.29) is 5.82 Å². The average molecular weight is 271 g/mol. The molecule has 2 nitrogen and oxygen atoms in total. The predicted molar refractivity (Wildman–Crippen MR) is 63.0 cm³/mol. The number of hydrogen-bond donors (Lipinski definition) is 1. The van der Waals surface area contributed by atoms with E-state index in [1.807, 2.05) is 6.07 Å². The Hall–Kier alpha value is -0.770. The summed E-state index contributed by atoms with van der Waals surface area (Å²) in [6.07, 6.45) is 2.47. The zero-order valence-corrected chi connectivity index (χ0v) is 9.85. The van der Waals surface area contributed by atoms with Crippen LogP contribution in [0.1, 0.15) is 12.8 Å². The van der Waals surface area contributed by atoms with Gasteiger partial charge in [-0.15, -0.1) is 0 Å². The van der Waals surface area contributed by atoms with E-state index in [1.54, 1.807) is 6.07 Å². The van der Waals surface area contributed by atoms with Gasteiger partial charge in [0.05, 0.1) is 15.8 Å². The lowest BCUT2D eigenvalue weighted by Gasteiger charge is -2.34. The second-order valence-corrected chi connectivity index (χ2v) is 5.01. The second kappa shape index (κ2) is 3.37. The van der Waals surface area contributed by atoms with Crippen LogP contribution in [-0.4, -0.2) is 19.1 Å². The fourth-order valence-electron chi connectivity index (χ4n) is 2.51. The molecule has 0 aliphatic carbocycles. The van der Waals surface area contributed by atoms with Crippen LogP contribution < -0.4 is 10.2 Å². The van der Waals surface area contributed by atoms with Gasteiger partial charge in [0.15, 0.2) is 0 Å². The summed E-state index contributed by atoms with van der Waals surface area (Å²) in [5, 5.41) is 3.30. The summed E-state index contributed by atoms with van der Waals surface area (Å²) in [7, 11) is 0. The lowest BCUT2D eigenvalue weighted by atomic mass is 10.1. The Bertz CT molecular complexity index is 408. The molecule has 3 rings (SSSR count). The van der Waals surface area contributed by atoms with E-state index in [0.29, 0.717) is 10.5 Å². The number of nitrogens with zero attached hydrogens (tertiary/aromatic N) is 1. The summed E-state index contributed by atoms with van der Waals surface area (Å²) >= 11 is 3.24. The number of anilines is 2. The number of nitrogens with one attached hydrogen (secondary N) is 1. The lowest BCUT2D eigenvalue weighted by molar-refractivity contribution is 0.617. The van der Waals surface area contributed by atoms with Crippen LogP contribution in [0.2, 0.25) is 0 Å². The number of rotatable bonds is 0. The van der Waals surface area contributed by atoms with Crippen molar-refractivity contribution < 1.29 is 4.39 Å². The molecule has 0 bridgehead atoms. The number of hydrogen-bond acceptors (Lipinski definition) is 2. The van der Waals surface area contributed by atoms with Gasteiger partial charge in [0, 0.05) is 25.2 Å². The van der Waals surface area contributed by atoms with Crippen LogP contribution in [0.3, 0.4) is 0 Å². The molecule has 1 atom stereocenters. The summed E-state index contributed by atoms with van der Waals surface area (Å²) in [4.78, 5) is 2.38. The van der Waals surface area contributed by atoms with Gasteiger partial charge in [-0.3, -0.25) is 0 Å². The molecule has 1 aromatic carbocycles. The Morgan fingerprint density at radius 1 is 1.47 bits per heavy atom. The highest BCUT2D eigenvalue weighted by atomic mass is 79.9. The molecule has 80 valence electrons. The summed E-state index contributed by atoms with van der Waals surface area (Å²) in [5.74, 6) is -0.195. The van der Waals surface area contributed by atoms with Gasteiger partial charge in [0.25, 0.3) is 0 Å². The second-order valence-electron chi connectivity index (χ2n) is 4.15. The van der Waals surface area contributed by atoms with Crippen molar-refractivity contribution in [2.24, 2.45) is 0 Å². The molecule has 0 spiro atoms. The van der Waals surface area contributed by atoms with Gasteiger partial charge in [-0.25, -0.2) is 4.39 Å². The van der Waals surface area contributed by atoms with Crippen molar-refractivity contribution in [3.05, 3.63) is 22.4 Å². The third kappa shape index (κ3) is 1.42. The predicted octanol–water partition coefficient (Wildman–Crippen LogP) is 2.98. The van der Waals surface area contributed by atoms with Crippen LogP contribution in [0.4, 0.5) is 15.8 Å². The third-order valence-corrected chi connectivity index (χ3v) is 3.86. The first-order valence-corrected chi connectivity index (χ1v) is 6.04. The molecule has 2 heterocycles. The van der Waals surface area contributed by atoms with E-state index in [1.165, 1.54) is 12.8 Å². The van der Waals surface area contributed by atoms with Crippen LogP contribution in [0.15, 0.2) is 16.6 Å². The summed E-state index contributed by atoms with van der Waals surface area (Å²) in [6.45, 7) is 2.03. The molecule has 0 aromatic heterocycles. The van der Waals surface area contributed by atoms with E-state index in [0.717, 1.165) is 24.5 Å². The SMILES string of the molecule is Fc1cc2c(cc1Br)N1CCCC1CN2. The first-order chi connectivity index (χ1) is 7.25. The van der Waals surface area contributed by atoms with Crippen LogP contribution in [0, 0.1) is 5.82 Å². The molecule has 15 heavy (non-hydrogen) atoms. The molecule has 0 radical (unpaired) electrons. The van der Waals surface area contributed by atoms with Gasteiger partial charge in [-0.1, -0.05) is 0 Å². The molecular weight excluding hydrogens is 259 g/mol. The molecule has 1 saturated heterocycles. The van der Waals surface area contributed by atoms with Gasteiger partial charge >= 0.3 is 0 Å². The van der Waals surface area contributed by atoms with Gasteiger partial charge in [-0.05, 0) is 34.8 Å². The highest BCUT2D eigenvalue weighted by molar-refractivity contribution is 9.10. The molecule has 1 N–H and O–H groups in total. The molecule has 0 amide bonds. The standard InChI is InChI=1S/C11H12BrFN2/c12-8-4-11-10(5-9(8)13)14-6-7-2-1-3-15(7)11/h4-5,7,14H,1-3,6H2. The van der Waals surface area contributed by atoms with E-state index >= 15 is 0 Å². The highest BCUT2D eigenvalue weighted by Gasteiger charge is 2.30. The molecule has 1 unspecified atom stereocenters. The Morgan fingerprint density at radius 2 is 2.33 bits per heavy atom. The summed E-state index contributed by atoms with van der Waals surface area (Å²) in [5.41, 5.74) is 2.06. The maximum atomic E-state index is 13.3. The zero-order chi connectivity index (χ0) is 10.4. The van der Waals surface area contributed by atoms with Gasteiger partial charge in [0.1, 0.15) is 5.82 Å². The molecule has 2 aliphatic heterocycles. The topological polar surface area (TPSA) is 15.3 Å². The van der Waals surface area contributed by atoms with Crippen LogP contribution >= 0.6 is 15.9 Å². The number of fused-ring (bicyclic) bond motifs is 3. The quantitative estimate of drug-likeness (QED) is 0.780. The molecular formula is C11H12BrFN2. The Morgan fingerprint density at radius 3 is 3.20 bits per heavy atom. The van der Waals surface area contributed by atoms with Crippen molar-refractivity contribution in [3.63, 3.8) is 0 Å². The summed E-state index contributed by atoms with van der Waals surface area (Å²) in [6, 6.07) is 4.05. The summed E-state index contributed by atoms with van der Waals surface area (Å²) < 4.78 is 13.9. The molecule has 2 aliphatic rings. The lowest BCUT2D eigenvalue weighted by Crippen LogP contribution is -2.39. The molecule has 1 fully saturated rings. The third-order valence-electron chi connectivity index (χ3n) is 3.25. The van der Waals surface area contributed by atoms with Gasteiger partial charge < -0.3 is 10.2 Å². The number of halogens is 2. The average Bonchev–Trinajstić information content (AvgIpc) is 2.68. The van der Waals surface area contributed by atoms with Crippen molar-refractivity contribution in [1.29, 1.82) is 0 Å². The van der Waals surface area contributed by atoms with Crippen molar-refractivity contribution in [2.45, 2.75) is 18.9 Å². The first-order valence-electron chi connectivity index (χ1n) is 5.25. The van der Waals surface area contributed by atoms with Crippen LogP contribution in [-0.2, 0) is 0 Å². The monoisotopic (exact) mass is 270 g/mol. The van der Waals surface area contributed by atoms with Crippen molar-refractivity contribution >= 4 is 27.3 Å². The molecule has 4 heteroatoms. The Balaban J connectivity index is 2.09. The zero-order valence-electron chi connectivity index (χ0n) is 8.26. The fourth-order valence-corrected chi connectivity index (χ4v) is 2.84. The van der Waals surface area contributed by atoms with Crippen LogP contribution in [0.25, 0.3) is 0 Å². The van der Waals surface area contributed by atoms with Gasteiger partial charge in [-0.2, -0.15) is 0 Å². The van der Waals surface area contributed by atoms with E-state index in [4.69, 9.17) is 0 Å². The van der Waals surface area contributed by atoms with E-state index < -0.39 is 0 Å². The normalized spacial score (nSPS) is 23.3. The minimum absolute atomic E-state index is 0.195. The fraction of sp³-hybridized carbons (Fsp3) is 0.455. The minimum atomic E-state index is -0.195. The number of benzene rings is 1. The van der Waals surface area contributed by atoms with E-state index in [2.05, 4.69) is 26.1 Å². The van der Waals surface area contributed by atoms with Crippen molar-refractivity contribution in [2.75, 3.05) is 23.3 Å². The van der Waals surface area contributed by atoms with E-state index in [9.17, 15) is 4.39 Å². The van der Waals surface area contributed by atoms with Crippen LogP contribution in [0.5, 0.6) is 0 Å². The molecule has 0 saturated carbocycles. The maximum Gasteiger partial charge on any atom is 0.139 e. The molecule has 1 aromatic rings. The van der Waals surface area contributed by atoms with Crippen molar-refractivity contribution in [3.8, 4) is 0 Å². The minimum Gasteiger partial charge on any atom is -0.381 e. The largest absolute Gasteiger partial charge is 0.381 e. The van der Waals surface area contributed by atoms with Gasteiger partial charge in [0.2, 0.25) is 0 Å². The van der Waals surface area contributed by atoms with Crippen molar-refractivity contribution in [1.82, 2.24) is 0 Å². The Labute approximate surface area is 96.6 Å². The maximum absolute atomic E-state index is 13.3. The smallest absolute Gasteiger partial charge is 0.139 e. The first kappa shape index (κ1) is 9.46.